The van der Waals surface area contributed by atoms with E-state index in [-0.39, 0.29) is 0 Å². The van der Waals surface area contributed by atoms with Crippen LogP contribution in [0, 0.1) is 0 Å². The van der Waals surface area contributed by atoms with E-state index in [9.17, 15) is 0 Å². The molecule has 2 heteroatoms. The molecule has 1 N–H and O–H groups in total. The Bertz CT molecular complexity index is 286. The Morgan fingerprint density at radius 1 is 1.12 bits per heavy atom. The maximum Gasteiger partial charge on any atom is 0.0208 e. The van der Waals surface area contributed by atoms with Crippen molar-refractivity contribution in [3.63, 3.8) is 0 Å². The van der Waals surface area contributed by atoms with Gasteiger partial charge in [0.25, 0.3) is 0 Å². The molecule has 0 aliphatic carbocycles. The van der Waals surface area contributed by atoms with Crippen LogP contribution in [-0.2, 0) is 13.0 Å². The zero-order chi connectivity index (χ0) is 11.6. The third kappa shape index (κ3) is 5.04. The summed E-state index contributed by atoms with van der Waals surface area (Å²) in [6.07, 6.45) is 2.40. The summed E-state index contributed by atoms with van der Waals surface area (Å²) in [7, 11) is 0. The van der Waals surface area contributed by atoms with E-state index in [1.807, 2.05) is 11.8 Å². The number of nitrogens with one attached hydrogen (secondary N) is 1. The Morgan fingerprint density at radius 3 is 2.56 bits per heavy atom. The molecule has 0 fully saturated rings. The molecule has 0 amide bonds. The lowest BCUT2D eigenvalue weighted by atomic mass is 10.1. The van der Waals surface area contributed by atoms with Gasteiger partial charge >= 0.3 is 0 Å². The van der Waals surface area contributed by atoms with Crippen LogP contribution in [0.5, 0.6) is 0 Å². The minimum absolute atomic E-state index is 1.01. The Labute approximate surface area is 104 Å². The van der Waals surface area contributed by atoms with Crippen molar-refractivity contribution in [1.82, 2.24) is 5.32 Å². The second-order valence-electron chi connectivity index (χ2n) is 3.85. The number of aryl methyl sites for hydroxylation is 1. The molecule has 0 saturated carbocycles. The van der Waals surface area contributed by atoms with Gasteiger partial charge in [-0.15, -0.1) is 0 Å². The Morgan fingerprint density at radius 2 is 1.88 bits per heavy atom. The van der Waals surface area contributed by atoms with Crippen molar-refractivity contribution in [3.05, 3.63) is 35.4 Å². The van der Waals surface area contributed by atoms with Gasteiger partial charge < -0.3 is 5.32 Å². The number of hydrogen-bond donors (Lipinski definition) is 1. The van der Waals surface area contributed by atoms with E-state index in [4.69, 9.17) is 0 Å². The Hall–Kier alpha value is -0.470. The van der Waals surface area contributed by atoms with E-state index < -0.39 is 0 Å². The molecule has 0 aliphatic rings. The highest BCUT2D eigenvalue weighted by molar-refractivity contribution is 7.99. The standard InChI is InChI=1S/C14H23NS/c1-3-13-8-5-6-9-14(13)12-15-10-7-11-16-4-2/h5-6,8-9,15H,3-4,7,10-12H2,1-2H3. The van der Waals surface area contributed by atoms with Gasteiger partial charge in [-0.25, -0.2) is 0 Å². The van der Waals surface area contributed by atoms with E-state index in [1.54, 1.807) is 0 Å². The van der Waals surface area contributed by atoms with Gasteiger partial charge in [-0.05, 0) is 42.0 Å². The molecule has 0 spiro atoms. The molecule has 0 radical (unpaired) electrons. The fraction of sp³-hybridized carbons (Fsp3) is 0.571. The Balaban J connectivity index is 2.21. The summed E-state index contributed by atoms with van der Waals surface area (Å²) in [5.74, 6) is 2.51. The lowest BCUT2D eigenvalue weighted by molar-refractivity contribution is 0.675. The summed E-state index contributed by atoms with van der Waals surface area (Å²) in [4.78, 5) is 0. The SMILES string of the molecule is CCSCCCNCc1ccccc1CC. The minimum Gasteiger partial charge on any atom is -0.313 e. The van der Waals surface area contributed by atoms with Gasteiger partial charge in [0, 0.05) is 6.54 Å². The van der Waals surface area contributed by atoms with Crippen molar-refractivity contribution in [2.45, 2.75) is 33.2 Å². The van der Waals surface area contributed by atoms with Crippen LogP contribution in [0.2, 0.25) is 0 Å². The van der Waals surface area contributed by atoms with E-state index in [0.717, 1.165) is 19.5 Å². The molecule has 0 heterocycles. The molecule has 16 heavy (non-hydrogen) atoms. The first-order chi connectivity index (χ1) is 7.88. The lowest BCUT2D eigenvalue weighted by Gasteiger charge is -2.08. The summed E-state index contributed by atoms with van der Waals surface area (Å²) in [6.45, 7) is 6.58. The van der Waals surface area contributed by atoms with Crippen LogP contribution in [-0.4, -0.2) is 18.1 Å². The van der Waals surface area contributed by atoms with Gasteiger partial charge in [0.2, 0.25) is 0 Å². The van der Waals surface area contributed by atoms with Crippen molar-refractivity contribution < 1.29 is 0 Å². The second-order valence-corrected chi connectivity index (χ2v) is 5.24. The van der Waals surface area contributed by atoms with Crippen LogP contribution in [0.1, 0.15) is 31.4 Å². The van der Waals surface area contributed by atoms with E-state index in [1.165, 1.54) is 29.1 Å². The molecule has 1 aromatic rings. The van der Waals surface area contributed by atoms with Crippen molar-refractivity contribution >= 4 is 11.8 Å². The topological polar surface area (TPSA) is 12.0 Å². The lowest BCUT2D eigenvalue weighted by Crippen LogP contribution is -2.16. The van der Waals surface area contributed by atoms with Crippen molar-refractivity contribution in [1.29, 1.82) is 0 Å². The van der Waals surface area contributed by atoms with Crippen LogP contribution in [0.25, 0.3) is 0 Å². The van der Waals surface area contributed by atoms with Gasteiger partial charge in [0.1, 0.15) is 0 Å². The first-order valence-corrected chi connectivity index (χ1v) is 7.39. The molecule has 0 aromatic heterocycles. The van der Waals surface area contributed by atoms with Gasteiger partial charge in [0.05, 0.1) is 0 Å². The number of rotatable bonds is 8. The third-order valence-electron chi connectivity index (χ3n) is 2.66. The summed E-state index contributed by atoms with van der Waals surface area (Å²) < 4.78 is 0. The van der Waals surface area contributed by atoms with E-state index in [2.05, 4.69) is 43.4 Å². The first-order valence-electron chi connectivity index (χ1n) is 6.23. The molecular weight excluding hydrogens is 214 g/mol. The second kappa shape index (κ2) is 8.66. The Kier molecular flexibility index (Phi) is 7.35. The maximum absolute atomic E-state index is 3.52. The van der Waals surface area contributed by atoms with E-state index >= 15 is 0 Å². The van der Waals surface area contributed by atoms with Crippen LogP contribution in [0.4, 0.5) is 0 Å². The molecule has 1 nitrogen and oxygen atoms in total. The monoisotopic (exact) mass is 237 g/mol. The van der Waals surface area contributed by atoms with Crippen LogP contribution >= 0.6 is 11.8 Å². The van der Waals surface area contributed by atoms with Crippen LogP contribution in [0.15, 0.2) is 24.3 Å². The quantitative estimate of drug-likeness (QED) is 0.695. The molecule has 0 aliphatic heterocycles. The van der Waals surface area contributed by atoms with E-state index in [0.29, 0.717) is 0 Å². The van der Waals surface area contributed by atoms with Crippen molar-refractivity contribution in [2.75, 3.05) is 18.1 Å². The highest BCUT2D eigenvalue weighted by atomic mass is 32.2. The molecule has 0 saturated heterocycles. The van der Waals surface area contributed by atoms with Crippen LogP contribution in [0.3, 0.4) is 0 Å². The summed E-state index contributed by atoms with van der Waals surface area (Å²) in [5.41, 5.74) is 2.92. The fourth-order valence-corrected chi connectivity index (χ4v) is 2.38. The number of benzene rings is 1. The third-order valence-corrected chi connectivity index (χ3v) is 3.65. The van der Waals surface area contributed by atoms with Gasteiger partial charge in [-0.2, -0.15) is 11.8 Å². The van der Waals surface area contributed by atoms with Gasteiger partial charge in [0.15, 0.2) is 0 Å². The summed E-state index contributed by atoms with van der Waals surface area (Å²) >= 11 is 2.02. The largest absolute Gasteiger partial charge is 0.313 e. The van der Waals surface area contributed by atoms with Gasteiger partial charge in [-0.1, -0.05) is 38.1 Å². The molecule has 0 unspecified atom stereocenters. The molecule has 1 aromatic carbocycles. The first kappa shape index (κ1) is 13.6. The molecule has 90 valence electrons. The minimum atomic E-state index is 1.01. The van der Waals surface area contributed by atoms with Crippen molar-refractivity contribution in [2.24, 2.45) is 0 Å². The zero-order valence-electron chi connectivity index (χ0n) is 10.5. The number of thioether (sulfide) groups is 1. The fourth-order valence-electron chi connectivity index (χ4n) is 1.74. The molecular formula is C14H23NS. The number of hydrogen-bond acceptors (Lipinski definition) is 2. The normalized spacial score (nSPS) is 10.6. The average Bonchev–Trinajstić information content (AvgIpc) is 2.34. The maximum atomic E-state index is 3.52. The highest BCUT2D eigenvalue weighted by Crippen LogP contribution is 2.09. The summed E-state index contributed by atoms with van der Waals surface area (Å²) in [6, 6.07) is 8.71. The molecule has 0 bridgehead atoms. The smallest absolute Gasteiger partial charge is 0.0208 e. The molecule has 1 rings (SSSR count). The van der Waals surface area contributed by atoms with Crippen molar-refractivity contribution in [3.8, 4) is 0 Å². The predicted octanol–water partition coefficient (Wildman–Crippen LogP) is 3.48. The zero-order valence-corrected chi connectivity index (χ0v) is 11.3. The average molecular weight is 237 g/mol. The highest BCUT2D eigenvalue weighted by Gasteiger charge is 1.98. The predicted molar refractivity (Wildman–Crippen MR) is 75.1 cm³/mol. The molecule has 0 atom stereocenters. The van der Waals surface area contributed by atoms with Gasteiger partial charge in [-0.3, -0.25) is 0 Å². The summed E-state index contributed by atoms with van der Waals surface area (Å²) in [5, 5.41) is 3.52. The van der Waals surface area contributed by atoms with Crippen LogP contribution < -0.4 is 5.32 Å².